The van der Waals surface area contributed by atoms with Gasteiger partial charge in [0.05, 0.1) is 5.92 Å². The summed E-state index contributed by atoms with van der Waals surface area (Å²) in [5.74, 6) is -0.447. The van der Waals surface area contributed by atoms with Gasteiger partial charge in [0.25, 0.3) is 0 Å². The van der Waals surface area contributed by atoms with Gasteiger partial charge in [0.1, 0.15) is 5.41 Å². The van der Waals surface area contributed by atoms with E-state index in [4.69, 9.17) is 0 Å². The molecule has 0 saturated heterocycles. The Bertz CT molecular complexity index is 901. The maximum Gasteiger partial charge on any atom is 0.163 e. The highest BCUT2D eigenvalue weighted by atomic mass is 16.2. The molecule has 1 aliphatic carbocycles. The molecule has 1 fully saturated rings. The van der Waals surface area contributed by atoms with E-state index in [1.54, 1.807) is 0 Å². The number of rotatable bonds is 3. The first kappa shape index (κ1) is 16.5. The number of carbonyl (C=O) groups is 2. The van der Waals surface area contributed by atoms with Gasteiger partial charge in [-0.25, -0.2) is 0 Å². The number of hydrogen-bond acceptors (Lipinski definition) is 2. The Balaban J connectivity index is 1.90. The van der Waals surface area contributed by atoms with Crippen molar-refractivity contribution in [3.8, 4) is 0 Å². The lowest BCUT2D eigenvalue weighted by atomic mass is 9.71. The molecule has 26 heavy (non-hydrogen) atoms. The smallest absolute Gasteiger partial charge is 0.163 e. The van der Waals surface area contributed by atoms with Crippen molar-refractivity contribution in [3.05, 3.63) is 107 Å². The summed E-state index contributed by atoms with van der Waals surface area (Å²) >= 11 is 0. The molecule has 0 aromatic heterocycles. The number of hydrogen-bond donors (Lipinski definition) is 0. The highest BCUT2D eigenvalue weighted by molar-refractivity contribution is 6.23. The lowest BCUT2D eigenvalue weighted by molar-refractivity contribution is -0.127. The van der Waals surface area contributed by atoms with Crippen molar-refractivity contribution < 1.29 is 9.59 Å². The van der Waals surface area contributed by atoms with Crippen molar-refractivity contribution in [2.24, 2.45) is 0 Å². The minimum Gasteiger partial charge on any atom is -0.298 e. The first-order chi connectivity index (χ1) is 12.6. The van der Waals surface area contributed by atoms with Gasteiger partial charge in [-0.2, -0.15) is 0 Å². The predicted molar refractivity (Wildman–Crippen MR) is 102 cm³/mol. The largest absolute Gasteiger partial charge is 0.298 e. The SMILES string of the molecule is Cc1ccc([C@H]2CC(=O)C(c3ccccc3)(c3ccccc3)C2=O)cc1. The molecule has 4 rings (SSSR count). The number of Topliss-reactive ketones (excluding diaryl/α,β-unsaturated/α-hetero) is 2. The van der Waals surface area contributed by atoms with E-state index >= 15 is 0 Å². The van der Waals surface area contributed by atoms with Crippen LogP contribution in [0, 0.1) is 6.92 Å². The maximum atomic E-state index is 13.7. The molecule has 0 amide bonds. The van der Waals surface area contributed by atoms with Crippen molar-refractivity contribution >= 4 is 11.6 Å². The van der Waals surface area contributed by atoms with Gasteiger partial charge in [-0.1, -0.05) is 90.5 Å². The second-order valence-corrected chi connectivity index (χ2v) is 6.94. The van der Waals surface area contributed by atoms with Crippen LogP contribution >= 0.6 is 0 Å². The van der Waals surface area contributed by atoms with Gasteiger partial charge in [-0.3, -0.25) is 9.59 Å². The Morgan fingerprint density at radius 3 is 1.73 bits per heavy atom. The fraction of sp³-hybridized carbons (Fsp3) is 0.167. The molecule has 3 aromatic carbocycles. The molecule has 0 unspecified atom stereocenters. The molecular weight excluding hydrogens is 320 g/mol. The van der Waals surface area contributed by atoms with Crippen molar-refractivity contribution in [1.29, 1.82) is 0 Å². The van der Waals surface area contributed by atoms with E-state index in [1.807, 2.05) is 91.9 Å². The standard InChI is InChI=1S/C24H20O2/c1-17-12-14-18(15-13-17)21-16-22(25)24(23(21)26,19-8-4-2-5-9-19)20-10-6-3-7-11-20/h2-15,21H,16H2,1H3/t21-/m1/s1. The van der Waals surface area contributed by atoms with Crippen LogP contribution in [-0.2, 0) is 15.0 Å². The Morgan fingerprint density at radius 2 is 1.23 bits per heavy atom. The molecule has 0 N–H and O–H groups in total. The fourth-order valence-corrected chi connectivity index (χ4v) is 4.05. The van der Waals surface area contributed by atoms with Crippen LogP contribution in [0.1, 0.15) is 34.6 Å². The Labute approximate surface area is 153 Å². The highest BCUT2D eigenvalue weighted by Gasteiger charge is 2.56. The van der Waals surface area contributed by atoms with E-state index in [2.05, 4.69) is 0 Å². The van der Waals surface area contributed by atoms with Gasteiger partial charge in [0.15, 0.2) is 11.6 Å². The molecule has 1 saturated carbocycles. The molecule has 128 valence electrons. The molecule has 1 atom stereocenters. The Morgan fingerprint density at radius 1 is 0.731 bits per heavy atom. The average Bonchev–Trinajstić information content (AvgIpc) is 2.95. The number of benzene rings is 3. The van der Waals surface area contributed by atoms with Gasteiger partial charge >= 0.3 is 0 Å². The summed E-state index contributed by atoms with van der Waals surface area (Å²) in [6, 6.07) is 26.9. The summed E-state index contributed by atoms with van der Waals surface area (Å²) in [4.78, 5) is 27.0. The lowest BCUT2D eigenvalue weighted by Crippen LogP contribution is -2.40. The van der Waals surface area contributed by atoms with Crippen LogP contribution in [0.5, 0.6) is 0 Å². The van der Waals surface area contributed by atoms with E-state index in [0.29, 0.717) is 0 Å². The second-order valence-electron chi connectivity index (χ2n) is 6.94. The van der Waals surface area contributed by atoms with Crippen LogP contribution in [0.4, 0.5) is 0 Å². The van der Waals surface area contributed by atoms with Crippen LogP contribution in [0.25, 0.3) is 0 Å². The number of ketones is 2. The van der Waals surface area contributed by atoms with Gasteiger partial charge in [0, 0.05) is 6.42 Å². The van der Waals surface area contributed by atoms with Gasteiger partial charge in [0.2, 0.25) is 0 Å². The summed E-state index contributed by atoms with van der Waals surface area (Å²) < 4.78 is 0. The third-order valence-corrected chi connectivity index (χ3v) is 5.39. The molecule has 0 heterocycles. The summed E-state index contributed by atoms with van der Waals surface area (Å²) in [5.41, 5.74) is 2.37. The third kappa shape index (κ3) is 2.41. The predicted octanol–water partition coefficient (Wildman–Crippen LogP) is 4.61. The molecule has 0 radical (unpaired) electrons. The van der Waals surface area contributed by atoms with Gasteiger partial charge in [-0.05, 0) is 23.6 Å². The third-order valence-electron chi connectivity index (χ3n) is 5.39. The maximum absolute atomic E-state index is 13.7. The number of carbonyl (C=O) groups excluding carboxylic acids is 2. The first-order valence-electron chi connectivity index (χ1n) is 8.89. The highest BCUT2D eigenvalue weighted by Crippen LogP contribution is 2.47. The van der Waals surface area contributed by atoms with Crippen LogP contribution in [0.2, 0.25) is 0 Å². The van der Waals surface area contributed by atoms with Crippen molar-refractivity contribution in [1.82, 2.24) is 0 Å². The molecule has 0 bridgehead atoms. The molecular formula is C24H20O2. The second kappa shape index (κ2) is 6.38. The molecule has 3 aromatic rings. The monoisotopic (exact) mass is 340 g/mol. The average molecular weight is 340 g/mol. The number of aryl methyl sites for hydroxylation is 1. The summed E-state index contributed by atoms with van der Waals surface area (Å²) in [5, 5.41) is 0. The Hall–Kier alpha value is -3.00. The van der Waals surface area contributed by atoms with Crippen molar-refractivity contribution in [3.63, 3.8) is 0 Å². The first-order valence-corrected chi connectivity index (χ1v) is 8.89. The normalized spacial score (nSPS) is 18.9. The molecule has 1 aliphatic rings. The van der Waals surface area contributed by atoms with Gasteiger partial charge < -0.3 is 0 Å². The van der Waals surface area contributed by atoms with E-state index in [9.17, 15) is 9.59 Å². The van der Waals surface area contributed by atoms with Crippen LogP contribution < -0.4 is 0 Å². The van der Waals surface area contributed by atoms with Crippen LogP contribution in [0.3, 0.4) is 0 Å². The van der Waals surface area contributed by atoms with Gasteiger partial charge in [-0.15, -0.1) is 0 Å². The minimum absolute atomic E-state index is 0.0227. The zero-order chi connectivity index (χ0) is 18.1. The van der Waals surface area contributed by atoms with Crippen molar-refractivity contribution in [2.75, 3.05) is 0 Å². The topological polar surface area (TPSA) is 34.1 Å². The molecule has 0 spiro atoms. The zero-order valence-electron chi connectivity index (χ0n) is 14.7. The summed E-state index contributed by atoms with van der Waals surface area (Å²) in [6.45, 7) is 2.02. The minimum atomic E-state index is -1.21. The summed E-state index contributed by atoms with van der Waals surface area (Å²) in [7, 11) is 0. The lowest BCUT2D eigenvalue weighted by Gasteiger charge is -2.28. The zero-order valence-corrected chi connectivity index (χ0v) is 14.7. The fourth-order valence-electron chi connectivity index (χ4n) is 4.05. The Kier molecular flexibility index (Phi) is 4.04. The van der Waals surface area contributed by atoms with E-state index in [1.165, 1.54) is 0 Å². The van der Waals surface area contributed by atoms with E-state index < -0.39 is 11.3 Å². The molecule has 2 heteroatoms. The summed E-state index contributed by atoms with van der Waals surface area (Å²) in [6.07, 6.45) is 0.242. The van der Waals surface area contributed by atoms with Crippen molar-refractivity contribution in [2.45, 2.75) is 24.7 Å². The molecule has 0 aliphatic heterocycles. The van der Waals surface area contributed by atoms with Crippen LogP contribution in [0.15, 0.2) is 84.9 Å². The quantitative estimate of drug-likeness (QED) is 0.653. The van der Waals surface area contributed by atoms with Crippen LogP contribution in [-0.4, -0.2) is 11.6 Å². The molecule has 2 nitrogen and oxygen atoms in total. The van der Waals surface area contributed by atoms with E-state index in [-0.39, 0.29) is 18.0 Å². The van der Waals surface area contributed by atoms with E-state index in [0.717, 1.165) is 22.3 Å².